The van der Waals surface area contributed by atoms with Crippen molar-refractivity contribution in [3.8, 4) is 0 Å². The lowest BCUT2D eigenvalue weighted by Gasteiger charge is -2.18. The lowest BCUT2D eigenvalue weighted by Crippen LogP contribution is -2.19. The molecule has 0 amide bonds. The minimum Gasteiger partial charge on any atom is -0.369 e. The van der Waals surface area contributed by atoms with Crippen molar-refractivity contribution in [2.45, 2.75) is 39.5 Å². The topological polar surface area (TPSA) is 37.8 Å². The molecule has 3 rings (SSSR count). The third-order valence-electron chi connectivity index (χ3n) is 4.16. The molecular formula is C14H20ClN3. The summed E-state index contributed by atoms with van der Waals surface area (Å²) in [6.45, 7) is 4.91. The van der Waals surface area contributed by atoms with Crippen LogP contribution in [-0.2, 0) is 0 Å². The van der Waals surface area contributed by atoms with E-state index in [2.05, 4.69) is 15.3 Å². The summed E-state index contributed by atoms with van der Waals surface area (Å²) in [6.07, 6.45) is 5.69. The highest BCUT2D eigenvalue weighted by molar-refractivity contribution is 6.30. The van der Waals surface area contributed by atoms with Crippen LogP contribution in [0.4, 0.5) is 5.82 Å². The van der Waals surface area contributed by atoms with Gasteiger partial charge in [-0.15, -0.1) is 0 Å². The third kappa shape index (κ3) is 2.61. The van der Waals surface area contributed by atoms with E-state index in [1.54, 1.807) is 0 Å². The van der Waals surface area contributed by atoms with Crippen LogP contribution < -0.4 is 5.32 Å². The minimum absolute atomic E-state index is 0.569. The number of halogens is 1. The van der Waals surface area contributed by atoms with Crippen LogP contribution in [0.25, 0.3) is 0 Å². The largest absolute Gasteiger partial charge is 0.369 e. The first kappa shape index (κ1) is 12.2. The van der Waals surface area contributed by atoms with E-state index in [9.17, 15) is 0 Å². The first-order valence-electron chi connectivity index (χ1n) is 6.89. The van der Waals surface area contributed by atoms with Gasteiger partial charge in [0.05, 0.1) is 0 Å². The average molecular weight is 266 g/mol. The second kappa shape index (κ2) is 4.69. The lowest BCUT2D eigenvalue weighted by atomic mass is 9.98. The highest BCUT2D eigenvalue weighted by Crippen LogP contribution is 2.49. The molecule has 0 aliphatic heterocycles. The molecule has 18 heavy (non-hydrogen) atoms. The van der Waals surface area contributed by atoms with Crippen molar-refractivity contribution in [1.29, 1.82) is 0 Å². The van der Waals surface area contributed by atoms with Gasteiger partial charge in [-0.05, 0) is 57.3 Å². The SMILES string of the molecule is Cc1nc(Cl)c(C)c(NCC(C2CC2)C2CC2)n1. The van der Waals surface area contributed by atoms with Crippen LogP contribution in [0.15, 0.2) is 0 Å². The van der Waals surface area contributed by atoms with Gasteiger partial charge in [0, 0.05) is 12.1 Å². The summed E-state index contributed by atoms with van der Waals surface area (Å²) >= 11 is 6.09. The van der Waals surface area contributed by atoms with E-state index in [-0.39, 0.29) is 0 Å². The molecule has 0 radical (unpaired) electrons. The van der Waals surface area contributed by atoms with E-state index in [0.717, 1.165) is 41.5 Å². The van der Waals surface area contributed by atoms with Crippen molar-refractivity contribution in [2.75, 3.05) is 11.9 Å². The predicted octanol–water partition coefficient (Wildman–Crippen LogP) is 3.59. The zero-order valence-electron chi connectivity index (χ0n) is 11.0. The molecule has 3 nitrogen and oxygen atoms in total. The van der Waals surface area contributed by atoms with Gasteiger partial charge in [-0.25, -0.2) is 9.97 Å². The Morgan fingerprint density at radius 2 is 1.78 bits per heavy atom. The van der Waals surface area contributed by atoms with Gasteiger partial charge in [-0.2, -0.15) is 0 Å². The molecule has 2 aliphatic rings. The van der Waals surface area contributed by atoms with Crippen molar-refractivity contribution in [3.63, 3.8) is 0 Å². The van der Waals surface area contributed by atoms with E-state index in [4.69, 9.17) is 11.6 Å². The van der Waals surface area contributed by atoms with Crippen LogP contribution in [0, 0.1) is 31.6 Å². The second-order valence-corrected chi connectivity index (χ2v) is 6.11. The molecule has 0 bridgehead atoms. The molecule has 0 unspecified atom stereocenters. The van der Waals surface area contributed by atoms with Crippen LogP contribution >= 0.6 is 11.6 Å². The predicted molar refractivity (Wildman–Crippen MR) is 73.9 cm³/mol. The Bertz CT molecular complexity index is 441. The molecule has 0 atom stereocenters. The summed E-state index contributed by atoms with van der Waals surface area (Å²) in [6, 6.07) is 0. The van der Waals surface area contributed by atoms with Crippen molar-refractivity contribution in [1.82, 2.24) is 9.97 Å². The third-order valence-corrected chi connectivity index (χ3v) is 4.53. The van der Waals surface area contributed by atoms with Crippen LogP contribution in [0.5, 0.6) is 0 Å². The van der Waals surface area contributed by atoms with Gasteiger partial charge >= 0.3 is 0 Å². The molecule has 2 saturated carbocycles. The van der Waals surface area contributed by atoms with E-state index in [0.29, 0.717) is 5.15 Å². The molecule has 0 saturated heterocycles. The van der Waals surface area contributed by atoms with Crippen molar-refractivity contribution >= 4 is 17.4 Å². The number of aryl methyl sites for hydroxylation is 1. The molecule has 2 fully saturated rings. The van der Waals surface area contributed by atoms with Gasteiger partial charge in [0.1, 0.15) is 16.8 Å². The minimum atomic E-state index is 0.569. The molecule has 1 aromatic heterocycles. The Morgan fingerprint density at radius 1 is 1.17 bits per heavy atom. The van der Waals surface area contributed by atoms with Crippen molar-refractivity contribution in [2.24, 2.45) is 17.8 Å². The Balaban J connectivity index is 1.68. The van der Waals surface area contributed by atoms with E-state index in [1.807, 2.05) is 13.8 Å². The fourth-order valence-corrected chi connectivity index (χ4v) is 2.96. The van der Waals surface area contributed by atoms with Gasteiger partial charge in [-0.1, -0.05) is 11.6 Å². The number of nitrogens with zero attached hydrogens (tertiary/aromatic N) is 2. The fraction of sp³-hybridized carbons (Fsp3) is 0.714. The summed E-state index contributed by atoms with van der Waals surface area (Å²) < 4.78 is 0. The zero-order valence-corrected chi connectivity index (χ0v) is 11.8. The maximum atomic E-state index is 6.09. The second-order valence-electron chi connectivity index (χ2n) is 5.75. The maximum Gasteiger partial charge on any atom is 0.137 e. The van der Waals surface area contributed by atoms with Gasteiger partial charge in [0.2, 0.25) is 0 Å². The summed E-state index contributed by atoms with van der Waals surface area (Å²) in [5.41, 5.74) is 0.965. The molecular weight excluding hydrogens is 246 g/mol. The standard InChI is InChI=1S/C14H20ClN3/c1-8-13(15)17-9(2)18-14(8)16-7-12(10-3-4-10)11-5-6-11/h10-12H,3-7H2,1-2H3,(H,16,17,18). The van der Waals surface area contributed by atoms with Crippen LogP contribution in [0.3, 0.4) is 0 Å². The Hall–Kier alpha value is -0.830. The highest BCUT2D eigenvalue weighted by Gasteiger charge is 2.41. The number of hydrogen-bond acceptors (Lipinski definition) is 3. The molecule has 4 heteroatoms. The molecule has 1 aromatic rings. The van der Waals surface area contributed by atoms with Crippen molar-refractivity contribution in [3.05, 3.63) is 16.5 Å². The van der Waals surface area contributed by atoms with Crippen molar-refractivity contribution < 1.29 is 0 Å². The highest BCUT2D eigenvalue weighted by atomic mass is 35.5. The van der Waals surface area contributed by atoms with E-state index < -0.39 is 0 Å². The van der Waals surface area contributed by atoms with Gasteiger partial charge in [0.15, 0.2) is 0 Å². The zero-order chi connectivity index (χ0) is 12.7. The van der Waals surface area contributed by atoms with Crippen LogP contribution in [-0.4, -0.2) is 16.5 Å². The normalized spacial score (nSPS) is 19.3. The average Bonchev–Trinajstić information content (AvgIpc) is 3.16. The molecule has 2 aliphatic carbocycles. The molecule has 98 valence electrons. The molecule has 0 aromatic carbocycles. The number of hydrogen-bond donors (Lipinski definition) is 1. The lowest BCUT2D eigenvalue weighted by molar-refractivity contribution is 0.427. The summed E-state index contributed by atoms with van der Waals surface area (Å²) in [5, 5.41) is 4.07. The fourth-order valence-electron chi connectivity index (χ4n) is 2.75. The number of nitrogens with one attached hydrogen (secondary N) is 1. The van der Waals surface area contributed by atoms with Gasteiger partial charge in [0.25, 0.3) is 0 Å². The summed E-state index contributed by atoms with van der Waals surface area (Å²) in [4.78, 5) is 8.63. The Labute approximate surface area is 113 Å². The quantitative estimate of drug-likeness (QED) is 0.827. The van der Waals surface area contributed by atoms with Gasteiger partial charge in [-0.3, -0.25) is 0 Å². The van der Waals surface area contributed by atoms with E-state index >= 15 is 0 Å². The first-order valence-corrected chi connectivity index (χ1v) is 7.27. The molecule has 1 N–H and O–H groups in total. The Kier molecular flexibility index (Phi) is 3.18. The maximum absolute atomic E-state index is 6.09. The number of anilines is 1. The summed E-state index contributed by atoms with van der Waals surface area (Å²) in [5.74, 6) is 4.42. The van der Waals surface area contributed by atoms with Crippen LogP contribution in [0.1, 0.15) is 37.1 Å². The molecule has 1 heterocycles. The smallest absolute Gasteiger partial charge is 0.137 e. The van der Waals surface area contributed by atoms with Crippen LogP contribution in [0.2, 0.25) is 5.15 Å². The molecule has 0 spiro atoms. The number of rotatable bonds is 5. The first-order chi connectivity index (χ1) is 8.65. The number of aromatic nitrogens is 2. The van der Waals surface area contributed by atoms with Gasteiger partial charge < -0.3 is 5.32 Å². The summed E-state index contributed by atoms with van der Waals surface area (Å²) in [7, 11) is 0. The Morgan fingerprint density at radius 3 is 2.33 bits per heavy atom. The van der Waals surface area contributed by atoms with E-state index in [1.165, 1.54) is 25.7 Å². The monoisotopic (exact) mass is 265 g/mol.